The molecule has 1 aliphatic heterocycles. The number of anilines is 1. The fourth-order valence-electron chi connectivity index (χ4n) is 2.62. The number of hydrogen-bond donors (Lipinski definition) is 1. The normalized spacial score (nSPS) is 16.1. The molecule has 0 unspecified atom stereocenters. The van der Waals surface area contributed by atoms with E-state index in [4.69, 9.17) is 11.6 Å². The average molecular weight is 391 g/mol. The Hall–Kier alpha value is -1.87. The fourth-order valence-corrected chi connectivity index (χ4v) is 3.57. The predicted octanol–water partition coefficient (Wildman–Crippen LogP) is 3.61. The summed E-state index contributed by atoms with van der Waals surface area (Å²) < 4.78 is 38.8. The van der Waals surface area contributed by atoms with Crippen molar-refractivity contribution in [2.24, 2.45) is 0 Å². The quantitative estimate of drug-likeness (QED) is 0.869. The van der Waals surface area contributed by atoms with Crippen molar-refractivity contribution in [2.75, 3.05) is 18.0 Å². The van der Waals surface area contributed by atoms with E-state index in [1.807, 2.05) is 0 Å². The van der Waals surface area contributed by atoms with Gasteiger partial charge in [-0.25, -0.2) is 9.97 Å². The van der Waals surface area contributed by atoms with Gasteiger partial charge in [0.05, 0.1) is 9.21 Å². The van der Waals surface area contributed by atoms with Crippen LogP contribution in [0.15, 0.2) is 24.5 Å². The predicted molar refractivity (Wildman–Crippen MR) is 89.1 cm³/mol. The van der Waals surface area contributed by atoms with E-state index >= 15 is 0 Å². The van der Waals surface area contributed by atoms with Crippen LogP contribution in [0.4, 0.5) is 19.0 Å². The lowest BCUT2D eigenvalue weighted by Gasteiger charge is -2.33. The van der Waals surface area contributed by atoms with Crippen molar-refractivity contribution < 1.29 is 18.0 Å². The molecule has 1 N–H and O–H groups in total. The summed E-state index contributed by atoms with van der Waals surface area (Å²) in [6.07, 6.45) is -2.33. The molecule has 0 aromatic carbocycles. The lowest BCUT2D eigenvalue weighted by atomic mass is 10.0. The highest BCUT2D eigenvalue weighted by Crippen LogP contribution is 2.29. The van der Waals surface area contributed by atoms with E-state index in [0.717, 1.165) is 12.4 Å². The molecule has 10 heteroatoms. The van der Waals surface area contributed by atoms with Crippen LogP contribution in [0.25, 0.3) is 0 Å². The first-order valence-corrected chi connectivity index (χ1v) is 8.73. The van der Waals surface area contributed by atoms with Crippen molar-refractivity contribution in [3.8, 4) is 0 Å². The minimum absolute atomic E-state index is 0.0338. The zero-order chi connectivity index (χ0) is 18.0. The number of aromatic nitrogens is 2. The Morgan fingerprint density at radius 1 is 1.28 bits per heavy atom. The summed E-state index contributed by atoms with van der Waals surface area (Å²) in [5, 5.41) is 2.93. The summed E-state index contributed by atoms with van der Waals surface area (Å²) in [5.74, 6) is 0.0638. The van der Waals surface area contributed by atoms with Gasteiger partial charge in [0.1, 0.15) is 17.8 Å². The molecule has 0 saturated carbocycles. The van der Waals surface area contributed by atoms with Crippen LogP contribution in [-0.2, 0) is 6.18 Å². The Morgan fingerprint density at radius 3 is 2.60 bits per heavy atom. The van der Waals surface area contributed by atoms with Gasteiger partial charge in [0.2, 0.25) is 0 Å². The summed E-state index contributed by atoms with van der Waals surface area (Å²) in [6.45, 7) is 1.01. The molecule has 3 heterocycles. The second-order valence-electron chi connectivity index (χ2n) is 5.60. The molecule has 25 heavy (non-hydrogen) atoms. The second kappa shape index (κ2) is 7.17. The van der Waals surface area contributed by atoms with Crippen molar-refractivity contribution in [1.29, 1.82) is 0 Å². The van der Waals surface area contributed by atoms with E-state index in [-0.39, 0.29) is 17.8 Å². The zero-order valence-corrected chi connectivity index (χ0v) is 14.5. The summed E-state index contributed by atoms with van der Waals surface area (Å²) >= 11 is 7.02. The number of nitrogens with one attached hydrogen (secondary N) is 1. The molecule has 3 rings (SSSR count). The van der Waals surface area contributed by atoms with Crippen LogP contribution in [0.1, 0.15) is 28.2 Å². The van der Waals surface area contributed by atoms with Gasteiger partial charge in [-0.1, -0.05) is 11.6 Å². The van der Waals surface area contributed by atoms with Crippen LogP contribution in [-0.4, -0.2) is 35.0 Å². The van der Waals surface area contributed by atoms with Crippen LogP contribution < -0.4 is 10.2 Å². The number of alkyl halides is 3. The van der Waals surface area contributed by atoms with Gasteiger partial charge in [-0.05, 0) is 25.0 Å². The molecule has 5 nitrogen and oxygen atoms in total. The number of hydrogen-bond acceptors (Lipinski definition) is 5. The molecule has 0 radical (unpaired) electrons. The number of halogens is 4. The molecule has 0 aliphatic carbocycles. The third-order valence-corrected chi connectivity index (χ3v) is 5.12. The third-order valence-electron chi connectivity index (χ3n) is 3.89. The highest BCUT2D eigenvalue weighted by molar-refractivity contribution is 7.17. The van der Waals surface area contributed by atoms with Crippen molar-refractivity contribution in [2.45, 2.75) is 25.1 Å². The van der Waals surface area contributed by atoms with Gasteiger partial charge < -0.3 is 10.2 Å². The zero-order valence-electron chi connectivity index (χ0n) is 12.9. The first-order chi connectivity index (χ1) is 11.8. The number of rotatable bonds is 3. The summed E-state index contributed by atoms with van der Waals surface area (Å²) in [6, 6.07) is 4.24. The molecule has 1 amide bonds. The molecule has 0 atom stereocenters. The van der Waals surface area contributed by atoms with E-state index in [1.54, 1.807) is 17.0 Å². The Morgan fingerprint density at radius 2 is 2.00 bits per heavy atom. The molecule has 1 aliphatic rings. The molecule has 134 valence electrons. The Labute approximate surface area is 150 Å². The average Bonchev–Trinajstić information content (AvgIpc) is 3.01. The number of thiophene rings is 1. The fraction of sp³-hybridized carbons (Fsp3) is 0.400. The smallest absolute Gasteiger partial charge is 0.356 e. The Balaban J connectivity index is 1.58. The maximum atomic E-state index is 12.7. The van der Waals surface area contributed by atoms with Crippen LogP contribution in [0.5, 0.6) is 0 Å². The lowest BCUT2D eigenvalue weighted by Crippen LogP contribution is -2.44. The molecular formula is C15H14ClF3N4OS. The van der Waals surface area contributed by atoms with E-state index in [9.17, 15) is 18.0 Å². The van der Waals surface area contributed by atoms with Crippen molar-refractivity contribution >= 4 is 34.7 Å². The van der Waals surface area contributed by atoms with Gasteiger partial charge in [-0.2, -0.15) is 13.2 Å². The number of piperidine rings is 1. The van der Waals surface area contributed by atoms with Crippen LogP contribution in [0.2, 0.25) is 4.34 Å². The molecule has 2 aromatic rings. The minimum atomic E-state index is -4.49. The van der Waals surface area contributed by atoms with Gasteiger partial charge in [0.15, 0.2) is 0 Å². The first-order valence-electron chi connectivity index (χ1n) is 7.53. The van der Waals surface area contributed by atoms with E-state index < -0.39 is 11.9 Å². The Kier molecular flexibility index (Phi) is 5.14. The highest BCUT2D eigenvalue weighted by Gasteiger charge is 2.33. The van der Waals surface area contributed by atoms with Crippen LogP contribution in [0, 0.1) is 0 Å². The van der Waals surface area contributed by atoms with Gasteiger partial charge in [0.25, 0.3) is 5.91 Å². The van der Waals surface area contributed by atoms with E-state index in [2.05, 4.69) is 15.3 Å². The van der Waals surface area contributed by atoms with E-state index in [0.29, 0.717) is 35.1 Å². The second-order valence-corrected chi connectivity index (χ2v) is 7.31. The van der Waals surface area contributed by atoms with Gasteiger partial charge in [-0.15, -0.1) is 11.3 Å². The standard InChI is InChI=1S/C15H14ClF3N4OS/c16-12-2-1-10(25-12)14(24)22-9-3-5-23(6-4-9)13-7-11(15(17,18)19)20-8-21-13/h1-2,7-9H,3-6H2,(H,22,24). The summed E-state index contributed by atoms with van der Waals surface area (Å²) in [5.41, 5.74) is -0.956. The molecule has 0 bridgehead atoms. The minimum Gasteiger partial charge on any atom is -0.356 e. The van der Waals surface area contributed by atoms with Gasteiger partial charge >= 0.3 is 6.18 Å². The van der Waals surface area contributed by atoms with Crippen LogP contribution in [0.3, 0.4) is 0 Å². The van der Waals surface area contributed by atoms with Crippen molar-refractivity contribution in [3.63, 3.8) is 0 Å². The molecule has 0 spiro atoms. The lowest BCUT2D eigenvalue weighted by molar-refractivity contribution is -0.141. The van der Waals surface area contributed by atoms with E-state index in [1.165, 1.54) is 11.3 Å². The summed E-state index contributed by atoms with van der Waals surface area (Å²) in [4.78, 5) is 21.6. The number of nitrogens with zero attached hydrogens (tertiary/aromatic N) is 3. The van der Waals surface area contributed by atoms with Gasteiger partial charge in [-0.3, -0.25) is 4.79 Å². The van der Waals surface area contributed by atoms with Crippen molar-refractivity contribution in [3.05, 3.63) is 39.4 Å². The highest BCUT2D eigenvalue weighted by atomic mass is 35.5. The molecule has 1 fully saturated rings. The molecule has 2 aromatic heterocycles. The maximum Gasteiger partial charge on any atom is 0.433 e. The number of amides is 1. The van der Waals surface area contributed by atoms with Crippen molar-refractivity contribution in [1.82, 2.24) is 15.3 Å². The molecular weight excluding hydrogens is 377 g/mol. The first kappa shape index (κ1) is 17.9. The number of carbonyl (C=O) groups excluding carboxylic acids is 1. The SMILES string of the molecule is O=C(NC1CCN(c2cc(C(F)(F)F)ncn2)CC1)c1ccc(Cl)s1. The molecule has 1 saturated heterocycles. The Bertz CT molecular complexity index is 759. The number of carbonyl (C=O) groups is 1. The topological polar surface area (TPSA) is 58.1 Å². The monoisotopic (exact) mass is 390 g/mol. The van der Waals surface area contributed by atoms with Crippen LogP contribution >= 0.6 is 22.9 Å². The largest absolute Gasteiger partial charge is 0.433 e. The maximum absolute atomic E-state index is 12.7. The third kappa shape index (κ3) is 4.40. The van der Waals surface area contributed by atoms with Gasteiger partial charge in [0, 0.05) is 25.2 Å². The summed E-state index contributed by atoms with van der Waals surface area (Å²) in [7, 11) is 0.